The molecule has 2 aromatic carbocycles. The van der Waals surface area contributed by atoms with Crippen molar-refractivity contribution in [3.05, 3.63) is 71.2 Å². The Morgan fingerprint density at radius 2 is 1.97 bits per heavy atom. The van der Waals surface area contributed by atoms with Crippen LogP contribution in [0.3, 0.4) is 0 Å². The van der Waals surface area contributed by atoms with Crippen molar-refractivity contribution < 1.29 is 17.9 Å². The van der Waals surface area contributed by atoms with Crippen LogP contribution in [0.4, 0.5) is 5.69 Å². The van der Waals surface area contributed by atoms with E-state index in [1.165, 1.54) is 19.2 Å². The maximum absolute atomic E-state index is 13.5. The second-order valence-electron chi connectivity index (χ2n) is 7.15. The first-order valence-electron chi connectivity index (χ1n) is 9.96. The van der Waals surface area contributed by atoms with Crippen LogP contribution in [-0.4, -0.2) is 44.1 Å². The first-order valence-corrected chi connectivity index (χ1v) is 12.2. The topological polar surface area (TPSA) is 93.5 Å². The van der Waals surface area contributed by atoms with Gasteiger partial charge in [-0.2, -0.15) is 0 Å². The number of nitrogens with zero attached hydrogens (tertiary/aromatic N) is 3. The Bertz CT molecular complexity index is 1150. The number of imidazole rings is 1. The number of rotatable bonds is 10. The summed E-state index contributed by atoms with van der Waals surface area (Å²) in [6.07, 6.45) is 5.95. The van der Waals surface area contributed by atoms with E-state index in [4.69, 9.17) is 4.74 Å². The van der Waals surface area contributed by atoms with Gasteiger partial charge >= 0.3 is 0 Å². The Labute approximate surface area is 196 Å². The van der Waals surface area contributed by atoms with E-state index in [2.05, 4.69) is 26.2 Å². The number of aryl methyl sites for hydroxylation is 2. The van der Waals surface area contributed by atoms with E-state index in [-0.39, 0.29) is 17.3 Å². The Morgan fingerprint density at radius 3 is 2.59 bits per heavy atom. The molecule has 1 aromatic heterocycles. The number of amides is 1. The first-order chi connectivity index (χ1) is 15.3. The minimum Gasteiger partial charge on any atom is -0.496 e. The molecule has 10 heteroatoms. The third kappa shape index (κ3) is 5.89. The zero-order chi connectivity index (χ0) is 23.1. The lowest BCUT2D eigenvalue weighted by atomic mass is 10.2. The van der Waals surface area contributed by atoms with E-state index < -0.39 is 10.0 Å². The molecule has 0 bridgehead atoms. The van der Waals surface area contributed by atoms with Crippen molar-refractivity contribution in [1.82, 2.24) is 14.9 Å². The van der Waals surface area contributed by atoms with Crippen molar-refractivity contribution in [2.45, 2.75) is 24.8 Å². The number of aromatic nitrogens is 2. The number of carbonyl (C=O) groups is 1. The zero-order valence-electron chi connectivity index (χ0n) is 17.9. The van der Waals surface area contributed by atoms with Gasteiger partial charge in [0.05, 0.1) is 28.5 Å². The molecule has 0 fully saturated rings. The van der Waals surface area contributed by atoms with Gasteiger partial charge < -0.3 is 14.6 Å². The van der Waals surface area contributed by atoms with Crippen LogP contribution in [0.1, 0.15) is 12.0 Å². The lowest BCUT2D eigenvalue weighted by Crippen LogP contribution is -2.41. The molecule has 0 aliphatic carbocycles. The molecule has 1 N–H and O–H groups in total. The highest BCUT2D eigenvalue weighted by atomic mass is 79.9. The third-order valence-electron chi connectivity index (χ3n) is 4.79. The van der Waals surface area contributed by atoms with Gasteiger partial charge in [0.15, 0.2) is 0 Å². The van der Waals surface area contributed by atoms with Crippen LogP contribution in [0.5, 0.6) is 5.75 Å². The van der Waals surface area contributed by atoms with E-state index >= 15 is 0 Å². The molecule has 3 aromatic rings. The molecule has 0 aliphatic heterocycles. The fourth-order valence-corrected chi connectivity index (χ4v) is 5.20. The molecular formula is C22H25BrN4O4S. The molecule has 8 nitrogen and oxygen atoms in total. The molecule has 0 unspecified atom stereocenters. The molecule has 0 saturated carbocycles. The lowest BCUT2D eigenvalue weighted by Gasteiger charge is -2.24. The Morgan fingerprint density at radius 1 is 1.22 bits per heavy atom. The van der Waals surface area contributed by atoms with Crippen LogP contribution in [0.15, 0.2) is 70.6 Å². The van der Waals surface area contributed by atoms with Crippen LogP contribution in [-0.2, 0) is 21.4 Å². The van der Waals surface area contributed by atoms with E-state index in [9.17, 15) is 13.2 Å². The summed E-state index contributed by atoms with van der Waals surface area (Å²) in [6.45, 7) is 2.71. The number of anilines is 1. The van der Waals surface area contributed by atoms with Gasteiger partial charge in [-0.05, 0) is 59.6 Å². The molecule has 1 heterocycles. The summed E-state index contributed by atoms with van der Waals surface area (Å²) in [4.78, 5) is 16.7. The van der Waals surface area contributed by atoms with Crippen molar-refractivity contribution in [1.29, 1.82) is 0 Å². The van der Waals surface area contributed by atoms with Crippen molar-refractivity contribution in [3.63, 3.8) is 0 Å². The highest BCUT2D eigenvalue weighted by molar-refractivity contribution is 9.10. The maximum Gasteiger partial charge on any atom is 0.264 e. The molecule has 0 aliphatic rings. The Balaban J connectivity index is 1.78. The fraction of sp³-hybridized carbons (Fsp3) is 0.273. The monoisotopic (exact) mass is 520 g/mol. The van der Waals surface area contributed by atoms with Crippen LogP contribution in [0.2, 0.25) is 0 Å². The summed E-state index contributed by atoms with van der Waals surface area (Å²) in [7, 11) is -2.50. The quantitative estimate of drug-likeness (QED) is 0.413. The molecule has 32 heavy (non-hydrogen) atoms. The van der Waals surface area contributed by atoms with Crippen molar-refractivity contribution >= 4 is 37.5 Å². The van der Waals surface area contributed by atoms with Gasteiger partial charge in [0.25, 0.3) is 10.0 Å². The van der Waals surface area contributed by atoms with E-state index in [0.717, 1.165) is 9.87 Å². The number of benzene rings is 2. The standard InChI is InChI=1S/C22H25BrN4O4S/c1-17-4-6-18(7-5-17)27(15-22(28)25-10-3-12-26-13-11-24-16-26)32(29,30)19-8-9-21(31-2)20(23)14-19/h4-9,11,13-14,16H,3,10,12,15H2,1-2H3,(H,25,28). The second-order valence-corrected chi connectivity index (χ2v) is 9.86. The molecule has 0 radical (unpaired) electrons. The zero-order valence-corrected chi connectivity index (χ0v) is 20.3. The van der Waals surface area contributed by atoms with Crippen molar-refractivity contribution in [2.75, 3.05) is 24.5 Å². The summed E-state index contributed by atoms with van der Waals surface area (Å²) in [5.74, 6) is 0.133. The van der Waals surface area contributed by atoms with Crippen molar-refractivity contribution in [3.8, 4) is 5.75 Å². The number of ether oxygens (including phenoxy) is 1. The van der Waals surface area contributed by atoms with Gasteiger partial charge in [0.1, 0.15) is 12.3 Å². The molecular weight excluding hydrogens is 496 g/mol. The summed E-state index contributed by atoms with van der Waals surface area (Å²) in [5, 5.41) is 2.80. The smallest absolute Gasteiger partial charge is 0.264 e. The average molecular weight is 521 g/mol. The van der Waals surface area contributed by atoms with Crippen LogP contribution in [0.25, 0.3) is 0 Å². The van der Waals surface area contributed by atoms with Crippen molar-refractivity contribution in [2.24, 2.45) is 0 Å². The average Bonchev–Trinajstić information content (AvgIpc) is 3.29. The van der Waals surface area contributed by atoms with Crippen LogP contribution in [0, 0.1) is 6.92 Å². The van der Waals surface area contributed by atoms with Gasteiger partial charge in [-0.15, -0.1) is 0 Å². The normalized spacial score (nSPS) is 11.2. The highest BCUT2D eigenvalue weighted by Crippen LogP contribution is 2.30. The van der Waals surface area contributed by atoms with Crippen LogP contribution < -0.4 is 14.4 Å². The highest BCUT2D eigenvalue weighted by Gasteiger charge is 2.27. The summed E-state index contributed by atoms with van der Waals surface area (Å²) in [5.41, 5.74) is 1.40. The Kier molecular flexibility index (Phi) is 7.92. The maximum atomic E-state index is 13.5. The van der Waals surface area contributed by atoms with Gasteiger partial charge in [0, 0.05) is 25.5 Å². The number of sulfonamides is 1. The molecule has 0 spiro atoms. The molecule has 3 rings (SSSR count). The Hall–Kier alpha value is -2.85. The second kappa shape index (κ2) is 10.6. The largest absolute Gasteiger partial charge is 0.496 e. The minimum absolute atomic E-state index is 0.0543. The molecule has 0 saturated heterocycles. The molecule has 0 atom stereocenters. The van der Waals surface area contributed by atoms with Crippen LogP contribution >= 0.6 is 15.9 Å². The third-order valence-corrected chi connectivity index (χ3v) is 7.18. The molecule has 1 amide bonds. The van der Waals surface area contributed by atoms with Gasteiger partial charge in [0.2, 0.25) is 5.91 Å². The van der Waals surface area contributed by atoms with E-state index in [1.807, 2.05) is 29.8 Å². The van der Waals surface area contributed by atoms with Gasteiger partial charge in [-0.3, -0.25) is 9.10 Å². The predicted molar refractivity (Wildman–Crippen MR) is 126 cm³/mol. The minimum atomic E-state index is -4.00. The summed E-state index contributed by atoms with van der Waals surface area (Å²) in [6, 6.07) is 11.5. The fourth-order valence-electron chi connectivity index (χ4n) is 3.06. The van der Waals surface area contributed by atoms with E-state index in [0.29, 0.717) is 35.4 Å². The number of methoxy groups -OCH3 is 1. The molecule has 170 valence electrons. The number of halogens is 1. The lowest BCUT2D eigenvalue weighted by molar-refractivity contribution is -0.119. The first kappa shape index (κ1) is 23.8. The number of carbonyl (C=O) groups excluding carboxylic acids is 1. The van der Waals surface area contributed by atoms with Gasteiger partial charge in [-0.1, -0.05) is 17.7 Å². The number of hydrogen-bond acceptors (Lipinski definition) is 5. The summed E-state index contributed by atoms with van der Waals surface area (Å²) < 4.78 is 35.7. The summed E-state index contributed by atoms with van der Waals surface area (Å²) >= 11 is 3.33. The predicted octanol–water partition coefficient (Wildman–Crippen LogP) is 3.36. The number of hydrogen-bond donors (Lipinski definition) is 1. The van der Waals surface area contributed by atoms with E-state index in [1.54, 1.807) is 30.7 Å². The number of nitrogens with one attached hydrogen (secondary N) is 1. The SMILES string of the molecule is COc1ccc(S(=O)(=O)N(CC(=O)NCCCn2ccnc2)c2ccc(C)cc2)cc1Br. The van der Waals surface area contributed by atoms with Gasteiger partial charge in [-0.25, -0.2) is 13.4 Å².